The number of thioether (sulfide) groups is 1. The van der Waals surface area contributed by atoms with Gasteiger partial charge in [0.05, 0.1) is 17.0 Å². The van der Waals surface area contributed by atoms with Crippen LogP contribution in [0.3, 0.4) is 0 Å². The smallest absolute Gasteiger partial charge is 0.232 e. The van der Waals surface area contributed by atoms with Crippen LogP contribution in [0.1, 0.15) is 46.0 Å². The molecule has 2 amide bonds. The highest BCUT2D eigenvalue weighted by Crippen LogP contribution is 2.14. The number of hydrogen-bond donors (Lipinski definition) is 2. The highest BCUT2D eigenvalue weighted by atomic mass is 32.2. The Labute approximate surface area is 132 Å². The molecule has 3 N–H and O–H groups in total. The molecule has 122 valence electrons. The number of nitrogens with two attached hydrogens (primary N) is 1. The third kappa shape index (κ3) is 5.87. The molecule has 0 unspecified atom stereocenters. The molecule has 1 rings (SSSR count). The van der Waals surface area contributed by atoms with Gasteiger partial charge in [0.1, 0.15) is 0 Å². The largest absolute Gasteiger partial charge is 0.349 e. The van der Waals surface area contributed by atoms with Crippen LogP contribution >= 0.6 is 11.8 Å². The minimum Gasteiger partial charge on any atom is -0.349 e. The molecule has 0 aromatic carbocycles. The van der Waals surface area contributed by atoms with Gasteiger partial charge >= 0.3 is 0 Å². The number of amides is 2. The second-order valence-corrected chi connectivity index (χ2v) is 6.66. The number of carbonyl (C=O) groups excluding carboxylic acids is 2. The zero-order valence-corrected chi connectivity index (χ0v) is 14.1. The van der Waals surface area contributed by atoms with Gasteiger partial charge in [-0.25, -0.2) is 0 Å². The lowest BCUT2D eigenvalue weighted by atomic mass is 9.93. The van der Waals surface area contributed by atoms with E-state index in [-0.39, 0.29) is 17.4 Å². The summed E-state index contributed by atoms with van der Waals surface area (Å²) in [5, 5.41) is 3.02. The van der Waals surface area contributed by atoms with E-state index in [2.05, 4.69) is 5.32 Å². The number of carbonyl (C=O) groups is 2. The monoisotopic (exact) mass is 315 g/mol. The molecule has 1 fully saturated rings. The van der Waals surface area contributed by atoms with E-state index in [4.69, 9.17) is 5.73 Å². The van der Waals surface area contributed by atoms with Gasteiger partial charge in [-0.1, -0.05) is 13.8 Å². The normalized spacial score (nSPS) is 15.9. The van der Waals surface area contributed by atoms with Crippen LogP contribution in [-0.2, 0) is 9.59 Å². The lowest BCUT2D eigenvalue weighted by Crippen LogP contribution is -2.53. The highest BCUT2D eigenvalue weighted by Gasteiger charge is 2.26. The molecule has 1 aliphatic rings. The molecule has 0 atom stereocenters. The highest BCUT2D eigenvalue weighted by molar-refractivity contribution is 8.00. The Balaban J connectivity index is 2.28. The Kier molecular flexibility index (Phi) is 8.11. The van der Waals surface area contributed by atoms with Crippen LogP contribution in [0.25, 0.3) is 0 Å². The maximum Gasteiger partial charge on any atom is 0.232 e. The van der Waals surface area contributed by atoms with Crippen molar-refractivity contribution in [3.63, 3.8) is 0 Å². The molecule has 0 aromatic heterocycles. The van der Waals surface area contributed by atoms with Gasteiger partial charge in [0.25, 0.3) is 0 Å². The van der Waals surface area contributed by atoms with Crippen molar-refractivity contribution >= 4 is 23.6 Å². The van der Waals surface area contributed by atoms with E-state index in [9.17, 15) is 9.59 Å². The minimum absolute atomic E-state index is 0.0272. The average molecular weight is 315 g/mol. The number of rotatable bonds is 8. The molecule has 1 saturated heterocycles. The molecule has 0 radical (unpaired) electrons. The lowest BCUT2D eigenvalue weighted by molar-refractivity contribution is -0.129. The molecule has 0 bridgehead atoms. The second-order valence-electron chi connectivity index (χ2n) is 5.67. The summed E-state index contributed by atoms with van der Waals surface area (Å²) >= 11 is 1.39. The molecule has 0 aliphatic carbocycles. The van der Waals surface area contributed by atoms with Crippen molar-refractivity contribution in [3.05, 3.63) is 0 Å². The summed E-state index contributed by atoms with van der Waals surface area (Å²) in [6.45, 7) is 6.25. The van der Waals surface area contributed by atoms with Crippen molar-refractivity contribution in [2.45, 2.75) is 51.5 Å². The second kappa shape index (κ2) is 9.30. The van der Waals surface area contributed by atoms with Gasteiger partial charge in [0, 0.05) is 19.6 Å². The van der Waals surface area contributed by atoms with Crippen LogP contribution in [-0.4, -0.2) is 53.4 Å². The van der Waals surface area contributed by atoms with Gasteiger partial charge in [0.2, 0.25) is 11.8 Å². The quantitative estimate of drug-likeness (QED) is 0.709. The van der Waals surface area contributed by atoms with Crippen molar-refractivity contribution in [1.82, 2.24) is 10.2 Å². The predicted molar refractivity (Wildman–Crippen MR) is 88.3 cm³/mol. The Morgan fingerprint density at radius 3 is 2.29 bits per heavy atom. The number of likely N-dealkylation sites (tertiary alicyclic amines) is 1. The standard InChI is InChI=1S/C15H29N3O2S/c1-3-15(4-2,12-16)17-13(19)10-21-11-14(20)18-8-6-5-7-9-18/h3-12,16H2,1-2H3,(H,17,19). The predicted octanol–water partition coefficient (Wildman–Crippen LogP) is 1.37. The number of nitrogens with zero attached hydrogens (tertiary/aromatic N) is 1. The third-order valence-corrected chi connectivity index (χ3v) is 5.23. The fourth-order valence-corrected chi connectivity index (χ4v) is 3.28. The molecule has 0 aromatic rings. The molecular formula is C15H29N3O2S. The zero-order chi connectivity index (χ0) is 15.7. The summed E-state index contributed by atoms with van der Waals surface area (Å²) in [6, 6.07) is 0. The van der Waals surface area contributed by atoms with Crippen LogP contribution in [0, 0.1) is 0 Å². The Morgan fingerprint density at radius 1 is 1.14 bits per heavy atom. The summed E-state index contributed by atoms with van der Waals surface area (Å²) < 4.78 is 0. The van der Waals surface area contributed by atoms with Gasteiger partial charge in [-0.05, 0) is 32.1 Å². The van der Waals surface area contributed by atoms with Crippen LogP contribution in [0.2, 0.25) is 0 Å². The first-order valence-electron chi connectivity index (χ1n) is 7.93. The molecule has 5 nitrogen and oxygen atoms in total. The van der Waals surface area contributed by atoms with Gasteiger partial charge in [-0.15, -0.1) is 11.8 Å². The van der Waals surface area contributed by atoms with E-state index >= 15 is 0 Å². The summed E-state index contributed by atoms with van der Waals surface area (Å²) in [7, 11) is 0. The fourth-order valence-electron chi connectivity index (χ4n) is 2.56. The number of piperidine rings is 1. The molecular weight excluding hydrogens is 286 g/mol. The van der Waals surface area contributed by atoms with Crippen molar-refractivity contribution in [2.75, 3.05) is 31.1 Å². The van der Waals surface area contributed by atoms with Gasteiger partial charge in [0.15, 0.2) is 0 Å². The van der Waals surface area contributed by atoms with Gasteiger partial charge in [-0.3, -0.25) is 9.59 Å². The van der Waals surface area contributed by atoms with Crippen molar-refractivity contribution in [2.24, 2.45) is 5.73 Å². The summed E-state index contributed by atoms with van der Waals surface area (Å²) in [5.41, 5.74) is 5.47. The summed E-state index contributed by atoms with van der Waals surface area (Å²) in [6.07, 6.45) is 5.06. The molecule has 0 spiro atoms. The first kappa shape index (κ1) is 18.3. The van der Waals surface area contributed by atoms with Gasteiger partial charge < -0.3 is 16.0 Å². The third-order valence-electron chi connectivity index (χ3n) is 4.32. The van der Waals surface area contributed by atoms with Crippen LogP contribution in [0.5, 0.6) is 0 Å². The van der Waals surface area contributed by atoms with E-state index < -0.39 is 0 Å². The summed E-state index contributed by atoms with van der Waals surface area (Å²) in [4.78, 5) is 25.9. The molecule has 0 saturated carbocycles. The van der Waals surface area contributed by atoms with E-state index in [1.807, 2.05) is 18.7 Å². The van der Waals surface area contributed by atoms with E-state index in [1.54, 1.807) is 0 Å². The fraction of sp³-hybridized carbons (Fsp3) is 0.867. The Morgan fingerprint density at radius 2 is 1.76 bits per heavy atom. The molecule has 6 heteroatoms. The van der Waals surface area contributed by atoms with Crippen LogP contribution < -0.4 is 11.1 Å². The average Bonchev–Trinajstić information content (AvgIpc) is 2.53. The molecule has 21 heavy (non-hydrogen) atoms. The summed E-state index contributed by atoms with van der Waals surface area (Å²) in [5.74, 6) is 0.840. The van der Waals surface area contributed by atoms with E-state index in [0.29, 0.717) is 18.1 Å². The zero-order valence-electron chi connectivity index (χ0n) is 13.3. The van der Waals surface area contributed by atoms with Gasteiger partial charge in [-0.2, -0.15) is 0 Å². The Hall–Kier alpha value is -0.750. The number of nitrogens with one attached hydrogen (secondary N) is 1. The maximum absolute atomic E-state index is 12.0. The Bertz CT molecular complexity index is 332. The van der Waals surface area contributed by atoms with Crippen LogP contribution in [0.4, 0.5) is 0 Å². The number of hydrogen-bond acceptors (Lipinski definition) is 4. The maximum atomic E-state index is 12.0. The van der Waals surface area contributed by atoms with E-state index in [0.717, 1.165) is 38.8 Å². The SMILES string of the molecule is CCC(CC)(CN)NC(=O)CSCC(=O)N1CCCCC1. The lowest BCUT2D eigenvalue weighted by Gasteiger charge is -2.31. The van der Waals surface area contributed by atoms with Crippen molar-refractivity contribution in [1.29, 1.82) is 0 Å². The minimum atomic E-state index is -0.297. The van der Waals surface area contributed by atoms with E-state index in [1.165, 1.54) is 18.2 Å². The first-order valence-corrected chi connectivity index (χ1v) is 9.09. The first-order chi connectivity index (χ1) is 10.1. The van der Waals surface area contributed by atoms with Crippen LogP contribution in [0.15, 0.2) is 0 Å². The van der Waals surface area contributed by atoms with Crippen molar-refractivity contribution in [3.8, 4) is 0 Å². The van der Waals surface area contributed by atoms with Crippen molar-refractivity contribution < 1.29 is 9.59 Å². The molecule has 1 heterocycles. The molecule has 1 aliphatic heterocycles. The topological polar surface area (TPSA) is 75.4 Å².